The highest BCUT2D eigenvalue weighted by Gasteiger charge is 2.10. The molecule has 2 rings (SSSR count). The lowest BCUT2D eigenvalue weighted by Gasteiger charge is -2.07. The van der Waals surface area contributed by atoms with E-state index in [1.807, 2.05) is 12.1 Å². The largest absolute Gasteiger partial charge is 0.384 e. The molecule has 0 unspecified atom stereocenters. The van der Waals surface area contributed by atoms with Gasteiger partial charge in [-0.15, -0.1) is 11.8 Å². The van der Waals surface area contributed by atoms with Gasteiger partial charge in [-0.1, -0.05) is 12.1 Å². The van der Waals surface area contributed by atoms with Gasteiger partial charge in [-0.05, 0) is 23.8 Å². The Kier molecular flexibility index (Phi) is 3.94. The van der Waals surface area contributed by atoms with Crippen LogP contribution in [0.3, 0.4) is 0 Å². The van der Waals surface area contributed by atoms with Crippen molar-refractivity contribution in [1.29, 1.82) is 5.41 Å². The zero-order valence-corrected chi connectivity index (χ0v) is 10.4. The predicted molar refractivity (Wildman–Crippen MR) is 71.2 cm³/mol. The van der Waals surface area contributed by atoms with E-state index < -0.39 is 5.82 Å². The number of nitrogens with one attached hydrogen (secondary N) is 1. The highest BCUT2D eigenvalue weighted by atomic mass is 32.2. The average Bonchev–Trinajstić information content (AvgIpc) is 2.38. The number of rotatable bonds is 4. The van der Waals surface area contributed by atoms with E-state index >= 15 is 0 Å². The monoisotopic (exact) mass is 261 g/mol. The third kappa shape index (κ3) is 2.87. The van der Waals surface area contributed by atoms with Crippen molar-refractivity contribution in [3.63, 3.8) is 0 Å². The molecule has 0 aliphatic heterocycles. The Morgan fingerprint density at radius 1 is 1.28 bits per heavy atom. The van der Waals surface area contributed by atoms with Crippen LogP contribution in [0.5, 0.6) is 0 Å². The van der Waals surface area contributed by atoms with Crippen LogP contribution in [0, 0.1) is 11.2 Å². The normalized spacial score (nSPS) is 10.3. The van der Waals surface area contributed by atoms with Crippen molar-refractivity contribution in [2.45, 2.75) is 10.6 Å². The third-order valence-corrected chi connectivity index (χ3v) is 3.47. The summed E-state index contributed by atoms with van der Waals surface area (Å²) in [5, 5.41) is 7.29. The van der Waals surface area contributed by atoms with Gasteiger partial charge in [0.1, 0.15) is 11.7 Å². The first-order valence-electron chi connectivity index (χ1n) is 5.33. The lowest BCUT2D eigenvalue weighted by molar-refractivity contribution is 0.614. The molecule has 3 N–H and O–H groups in total. The van der Waals surface area contributed by atoms with E-state index in [2.05, 4.69) is 4.98 Å². The zero-order chi connectivity index (χ0) is 13.0. The highest BCUT2D eigenvalue weighted by Crippen LogP contribution is 2.24. The van der Waals surface area contributed by atoms with E-state index in [-0.39, 0.29) is 11.4 Å². The molecular weight excluding hydrogens is 249 g/mol. The minimum atomic E-state index is -0.411. The molecule has 0 amide bonds. The van der Waals surface area contributed by atoms with E-state index in [0.717, 1.165) is 4.90 Å². The van der Waals surface area contributed by atoms with Gasteiger partial charge in [0.25, 0.3) is 0 Å². The second-order valence-corrected chi connectivity index (χ2v) is 4.71. The number of hydrogen-bond acceptors (Lipinski definition) is 3. The maximum Gasteiger partial charge on any atom is 0.138 e. The Labute approximate surface area is 109 Å². The molecular formula is C13H12FN3S. The van der Waals surface area contributed by atoms with Gasteiger partial charge in [0.05, 0.1) is 5.56 Å². The van der Waals surface area contributed by atoms with Crippen molar-refractivity contribution >= 4 is 17.6 Å². The molecule has 3 nitrogen and oxygen atoms in total. The molecule has 0 aliphatic carbocycles. The summed E-state index contributed by atoms with van der Waals surface area (Å²) in [6, 6.07) is 8.67. The molecule has 0 atom stereocenters. The minimum absolute atomic E-state index is 0.155. The fraction of sp³-hybridized carbons (Fsp3) is 0.0769. The molecule has 5 heteroatoms. The van der Waals surface area contributed by atoms with Crippen LogP contribution in [0.1, 0.15) is 11.1 Å². The number of nitrogens with two attached hydrogens (primary N) is 1. The van der Waals surface area contributed by atoms with Gasteiger partial charge in [-0.3, -0.25) is 10.4 Å². The molecule has 0 spiro atoms. The number of amidine groups is 1. The Balaban J connectivity index is 2.15. The smallest absolute Gasteiger partial charge is 0.138 e. The van der Waals surface area contributed by atoms with Gasteiger partial charge in [0.2, 0.25) is 0 Å². The number of benzene rings is 1. The van der Waals surface area contributed by atoms with Crippen molar-refractivity contribution < 1.29 is 4.39 Å². The maximum absolute atomic E-state index is 14.0. The molecule has 0 aliphatic rings. The molecule has 0 fully saturated rings. The van der Waals surface area contributed by atoms with Crippen molar-refractivity contribution in [3.05, 3.63) is 59.7 Å². The Hall–Kier alpha value is -1.88. The van der Waals surface area contributed by atoms with Crippen LogP contribution < -0.4 is 5.73 Å². The molecule has 0 saturated carbocycles. The maximum atomic E-state index is 14.0. The van der Waals surface area contributed by atoms with Crippen LogP contribution in [0.4, 0.5) is 4.39 Å². The first-order chi connectivity index (χ1) is 8.68. The fourth-order valence-electron chi connectivity index (χ4n) is 1.49. The summed E-state index contributed by atoms with van der Waals surface area (Å²) in [5.74, 6) is -0.161. The van der Waals surface area contributed by atoms with Crippen LogP contribution in [0.15, 0.2) is 47.6 Å². The van der Waals surface area contributed by atoms with E-state index in [1.54, 1.807) is 24.5 Å². The van der Waals surface area contributed by atoms with Crippen LogP contribution in [-0.2, 0) is 5.75 Å². The van der Waals surface area contributed by atoms with Gasteiger partial charge in [-0.25, -0.2) is 4.39 Å². The summed E-state index contributed by atoms with van der Waals surface area (Å²) in [6.45, 7) is 0. The molecule has 1 heterocycles. The van der Waals surface area contributed by atoms with Gasteiger partial charge in [0.15, 0.2) is 0 Å². The average molecular weight is 261 g/mol. The fourth-order valence-corrected chi connectivity index (χ4v) is 2.35. The number of hydrogen-bond donors (Lipinski definition) is 2. The van der Waals surface area contributed by atoms with Crippen molar-refractivity contribution in [2.24, 2.45) is 5.73 Å². The first kappa shape index (κ1) is 12.6. The third-order valence-electron chi connectivity index (χ3n) is 2.41. The number of nitrogen functional groups attached to an aromatic ring is 1. The summed E-state index contributed by atoms with van der Waals surface area (Å²) >= 11 is 1.52. The SMILES string of the molecule is N=C(N)c1cccc(CSc2ccncc2)c1F. The highest BCUT2D eigenvalue weighted by molar-refractivity contribution is 7.98. The Bertz CT molecular complexity index is 557. The molecule has 0 radical (unpaired) electrons. The molecule has 1 aromatic heterocycles. The number of nitrogens with zero attached hydrogens (tertiary/aromatic N) is 1. The van der Waals surface area contributed by atoms with Gasteiger partial charge < -0.3 is 5.73 Å². The quantitative estimate of drug-likeness (QED) is 0.505. The number of aromatic nitrogens is 1. The van der Waals surface area contributed by atoms with Crippen molar-refractivity contribution in [3.8, 4) is 0 Å². The van der Waals surface area contributed by atoms with Crippen LogP contribution in [0.2, 0.25) is 0 Å². The number of halogens is 1. The molecule has 1 aromatic carbocycles. The molecule has 0 bridgehead atoms. The summed E-state index contributed by atoms with van der Waals surface area (Å²) < 4.78 is 14.0. The van der Waals surface area contributed by atoms with Gasteiger partial charge in [0, 0.05) is 23.0 Å². The standard InChI is InChI=1S/C13H12FN3S/c14-12-9(2-1-3-11(12)13(15)16)8-18-10-4-6-17-7-5-10/h1-7H,8H2,(H3,15,16). The van der Waals surface area contributed by atoms with Crippen LogP contribution in [0.25, 0.3) is 0 Å². The first-order valence-corrected chi connectivity index (χ1v) is 6.31. The molecule has 2 aromatic rings. The second-order valence-electron chi connectivity index (χ2n) is 3.66. The Morgan fingerprint density at radius 3 is 2.67 bits per heavy atom. The van der Waals surface area contributed by atoms with Crippen molar-refractivity contribution in [2.75, 3.05) is 0 Å². The molecule has 18 heavy (non-hydrogen) atoms. The lowest BCUT2D eigenvalue weighted by Crippen LogP contribution is -2.14. The molecule has 92 valence electrons. The number of pyridine rings is 1. The summed E-state index contributed by atoms with van der Waals surface area (Å²) in [7, 11) is 0. The molecule has 0 saturated heterocycles. The van der Waals surface area contributed by atoms with Crippen molar-refractivity contribution in [1.82, 2.24) is 4.98 Å². The zero-order valence-electron chi connectivity index (χ0n) is 9.56. The number of thioether (sulfide) groups is 1. The van der Waals surface area contributed by atoms with E-state index in [4.69, 9.17) is 11.1 Å². The Morgan fingerprint density at radius 2 is 2.00 bits per heavy atom. The summed E-state index contributed by atoms with van der Waals surface area (Å²) in [6.07, 6.45) is 3.40. The van der Waals surface area contributed by atoms with E-state index in [9.17, 15) is 4.39 Å². The van der Waals surface area contributed by atoms with Gasteiger partial charge in [-0.2, -0.15) is 0 Å². The van der Waals surface area contributed by atoms with E-state index in [1.165, 1.54) is 17.8 Å². The lowest BCUT2D eigenvalue weighted by atomic mass is 10.1. The van der Waals surface area contributed by atoms with Gasteiger partial charge >= 0.3 is 0 Å². The van der Waals surface area contributed by atoms with Crippen LogP contribution >= 0.6 is 11.8 Å². The van der Waals surface area contributed by atoms with Crippen LogP contribution in [-0.4, -0.2) is 10.8 Å². The summed E-state index contributed by atoms with van der Waals surface area (Å²) in [4.78, 5) is 4.95. The second kappa shape index (κ2) is 5.64. The van der Waals surface area contributed by atoms with E-state index in [0.29, 0.717) is 11.3 Å². The summed E-state index contributed by atoms with van der Waals surface area (Å²) in [5.41, 5.74) is 6.02. The minimum Gasteiger partial charge on any atom is -0.384 e. The predicted octanol–water partition coefficient (Wildman–Crippen LogP) is 2.80. The topological polar surface area (TPSA) is 62.8 Å².